The summed E-state index contributed by atoms with van der Waals surface area (Å²) in [6, 6.07) is 18.6. The zero-order valence-electron chi connectivity index (χ0n) is 17.2. The van der Waals surface area contributed by atoms with E-state index in [1.165, 1.54) is 6.07 Å². The van der Waals surface area contributed by atoms with Crippen molar-refractivity contribution in [1.82, 2.24) is 25.0 Å². The van der Waals surface area contributed by atoms with Gasteiger partial charge in [-0.1, -0.05) is 17.3 Å². The van der Waals surface area contributed by atoms with E-state index in [1.807, 2.05) is 50.2 Å². The van der Waals surface area contributed by atoms with Gasteiger partial charge in [-0.05, 0) is 67.9 Å². The van der Waals surface area contributed by atoms with Crippen LogP contribution in [0.3, 0.4) is 0 Å². The Hall–Kier alpha value is -3.87. The molecule has 6 nitrogen and oxygen atoms in total. The van der Waals surface area contributed by atoms with E-state index in [9.17, 15) is 4.39 Å². The highest BCUT2D eigenvalue weighted by Gasteiger charge is 2.12. The fraction of sp³-hybridized carbons (Fsp3) is 0.167. The molecule has 0 saturated carbocycles. The van der Waals surface area contributed by atoms with Crippen LogP contribution in [0, 0.1) is 5.82 Å². The first kappa shape index (κ1) is 19.1. The zero-order valence-corrected chi connectivity index (χ0v) is 17.2. The highest BCUT2D eigenvalue weighted by atomic mass is 19.1. The first-order valence-corrected chi connectivity index (χ1v) is 10.1. The van der Waals surface area contributed by atoms with Crippen molar-refractivity contribution >= 4 is 22.1 Å². The van der Waals surface area contributed by atoms with Gasteiger partial charge in [0.2, 0.25) is 0 Å². The van der Waals surface area contributed by atoms with Crippen molar-refractivity contribution < 1.29 is 9.13 Å². The van der Waals surface area contributed by atoms with Crippen LogP contribution < -0.4 is 4.74 Å². The SMILES string of the molecule is CC(C)Oc1ccc(-c2ccc3nnn(Cc4ccc5ncccc5c4)c3n2)cc1F. The molecule has 2 aromatic carbocycles. The molecule has 154 valence electrons. The first-order chi connectivity index (χ1) is 15.1. The Balaban J connectivity index is 1.48. The highest BCUT2D eigenvalue weighted by molar-refractivity contribution is 5.79. The van der Waals surface area contributed by atoms with E-state index in [0.29, 0.717) is 29.0 Å². The molecule has 0 bridgehead atoms. The lowest BCUT2D eigenvalue weighted by molar-refractivity contribution is 0.231. The minimum atomic E-state index is -0.412. The molecule has 3 heterocycles. The summed E-state index contributed by atoms with van der Waals surface area (Å²) in [6.07, 6.45) is 1.68. The molecule has 5 aromatic rings. The maximum absolute atomic E-state index is 14.5. The fourth-order valence-corrected chi connectivity index (χ4v) is 3.53. The maximum atomic E-state index is 14.5. The minimum Gasteiger partial charge on any atom is -0.488 e. The normalized spacial score (nSPS) is 11.5. The van der Waals surface area contributed by atoms with E-state index >= 15 is 0 Å². The third-order valence-electron chi connectivity index (χ3n) is 4.95. The topological polar surface area (TPSA) is 65.7 Å². The predicted octanol–water partition coefficient (Wildman–Crippen LogP) is 5.02. The summed E-state index contributed by atoms with van der Waals surface area (Å²) in [5.41, 5.74) is 4.66. The monoisotopic (exact) mass is 413 g/mol. The van der Waals surface area contributed by atoms with E-state index in [4.69, 9.17) is 9.72 Å². The molecule has 0 radical (unpaired) electrons. The van der Waals surface area contributed by atoms with Crippen LogP contribution >= 0.6 is 0 Å². The molecule has 31 heavy (non-hydrogen) atoms. The Morgan fingerprint density at radius 3 is 2.71 bits per heavy atom. The standard InChI is InChI=1S/C24H20FN5O/c1-15(2)31-23-10-6-18(13-19(23)25)21-8-9-22-24(27-21)30(29-28-22)14-16-5-7-20-17(12-16)4-3-11-26-20/h3-13,15H,14H2,1-2H3. The van der Waals surface area contributed by atoms with Crippen molar-refractivity contribution in [2.45, 2.75) is 26.5 Å². The highest BCUT2D eigenvalue weighted by Crippen LogP contribution is 2.26. The second kappa shape index (κ2) is 7.75. The molecule has 0 atom stereocenters. The lowest BCUT2D eigenvalue weighted by atomic mass is 10.1. The second-order valence-corrected chi connectivity index (χ2v) is 7.63. The Morgan fingerprint density at radius 1 is 1.00 bits per heavy atom. The van der Waals surface area contributed by atoms with Gasteiger partial charge in [-0.3, -0.25) is 4.98 Å². The number of hydrogen-bond donors (Lipinski definition) is 0. The number of hydrogen-bond acceptors (Lipinski definition) is 5. The van der Waals surface area contributed by atoms with Gasteiger partial charge in [0, 0.05) is 17.1 Å². The predicted molar refractivity (Wildman–Crippen MR) is 117 cm³/mol. The third-order valence-corrected chi connectivity index (χ3v) is 4.95. The van der Waals surface area contributed by atoms with E-state index in [1.54, 1.807) is 23.0 Å². The average molecular weight is 413 g/mol. The summed E-state index contributed by atoms with van der Waals surface area (Å²) in [7, 11) is 0. The molecule has 0 aliphatic carbocycles. The van der Waals surface area contributed by atoms with Crippen LogP contribution in [-0.2, 0) is 6.54 Å². The van der Waals surface area contributed by atoms with Crippen molar-refractivity contribution in [2.24, 2.45) is 0 Å². The van der Waals surface area contributed by atoms with Crippen molar-refractivity contribution in [3.05, 3.63) is 78.2 Å². The van der Waals surface area contributed by atoms with E-state index in [2.05, 4.69) is 21.4 Å². The van der Waals surface area contributed by atoms with Crippen LogP contribution in [0.25, 0.3) is 33.3 Å². The molecule has 5 rings (SSSR count). The number of nitrogens with zero attached hydrogens (tertiary/aromatic N) is 5. The Kier molecular flexibility index (Phi) is 4.78. The van der Waals surface area contributed by atoms with Crippen molar-refractivity contribution in [1.29, 1.82) is 0 Å². The molecule has 0 amide bonds. The van der Waals surface area contributed by atoms with Gasteiger partial charge in [0.1, 0.15) is 5.52 Å². The van der Waals surface area contributed by atoms with Gasteiger partial charge in [-0.25, -0.2) is 14.1 Å². The number of halogens is 1. The molecule has 7 heteroatoms. The molecule has 0 unspecified atom stereocenters. The Labute approximate surface area is 178 Å². The fourth-order valence-electron chi connectivity index (χ4n) is 3.53. The van der Waals surface area contributed by atoms with Crippen molar-refractivity contribution in [3.63, 3.8) is 0 Å². The van der Waals surface area contributed by atoms with Crippen LogP contribution in [-0.4, -0.2) is 31.1 Å². The molecule has 3 aromatic heterocycles. The number of benzene rings is 2. The molecule has 0 saturated heterocycles. The quantitative estimate of drug-likeness (QED) is 0.405. The van der Waals surface area contributed by atoms with Crippen LogP contribution in [0.2, 0.25) is 0 Å². The number of fused-ring (bicyclic) bond motifs is 2. The van der Waals surface area contributed by atoms with Gasteiger partial charge in [-0.2, -0.15) is 0 Å². The van der Waals surface area contributed by atoms with Gasteiger partial charge in [0.25, 0.3) is 0 Å². The molecule has 0 aliphatic heterocycles. The van der Waals surface area contributed by atoms with E-state index in [-0.39, 0.29) is 11.9 Å². The van der Waals surface area contributed by atoms with Gasteiger partial charge in [-0.15, -0.1) is 5.10 Å². The molecular formula is C24H20FN5O. The van der Waals surface area contributed by atoms with Gasteiger partial charge >= 0.3 is 0 Å². The lowest BCUT2D eigenvalue weighted by Crippen LogP contribution is -2.07. The number of ether oxygens (including phenoxy) is 1. The van der Waals surface area contributed by atoms with Crippen LogP contribution in [0.5, 0.6) is 5.75 Å². The number of aromatic nitrogens is 5. The van der Waals surface area contributed by atoms with Crippen molar-refractivity contribution in [3.8, 4) is 17.0 Å². The molecular weight excluding hydrogens is 393 g/mol. The lowest BCUT2D eigenvalue weighted by Gasteiger charge is -2.11. The summed E-state index contributed by atoms with van der Waals surface area (Å²) in [4.78, 5) is 9.07. The number of rotatable bonds is 5. The van der Waals surface area contributed by atoms with Crippen molar-refractivity contribution in [2.75, 3.05) is 0 Å². The third kappa shape index (κ3) is 3.82. The molecule has 0 spiro atoms. The summed E-state index contributed by atoms with van der Waals surface area (Å²) >= 11 is 0. The van der Waals surface area contributed by atoms with Crippen LogP contribution in [0.4, 0.5) is 4.39 Å². The second-order valence-electron chi connectivity index (χ2n) is 7.63. The summed E-state index contributed by atoms with van der Waals surface area (Å²) in [5.74, 6) is -0.179. The largest absolute Gasteiger partial charge is 0.488 e. The van der Waals surface area contributed by atoms with Crippen LogP contribution in [0.15, 0.2) is 66.9 Å². The summed E-state index contributed by atoms with van der Waals surface area (Å²) in [5, 5.41) is 9.55. The van der Waals surface area contributed by atoms with Gasteiger partial charge in [0.05, 0.1) is 23.9 Å². The summed E-state index contributed by atoms with van der Waals surface area (Å²) in [6.45, 7) is 4.25. The smallest absolute Gasteiger partial charge is 0.179 e. The van der Waals surface area contributed by atoms with Gasteiger partial charge in [0.15, 0.2) is 17.2 Å². The first-order valence-electron chi connectivity index (χ1n) is 10.1. The number of pyridine rings is 2. The van der Waals surface area contributed by atoms with E-state index < -0.39 is 5.82 Å². The van der Waals surface area contributed by atoms with Crippen LogP contribution in [0.1, 0.15) is 19.4 Å². The Bertz CT molecular complexity index is 1400. The Morgan fingerprint density at radius 2 is 1.87 bits per heavy atom. The molecule has 0 aliphatic rings. The average Bonchev–Trinajstić information content (AvgIpc) is 3.17. The summed E-state index contributed by atoms with van der Waals surface area (Å²) < 4.78 is 21.7. The zero-order chi connectivity index (χ0) is 21.4. The minimum absolute atomic E-state index is 0.0962. The van der Waals surface area contributed by atoms with E-state index in [0.717, 1.165) is 16.5 Å². The molecule has 0 N–H and O–H groups in total. The molecule has 0 fully saturated rings. The van der Waals surface area contributed by atoms with Gasteiger partial charge < -0.3 is 4.74 Å². The maximum Gasteiger partial charge on any atom is 0.179 e.